The van der Waals surface area contributed by atoms with Crippen LogP contribution in [0.15, 0.2) is 62.5 Å². The lowest BCUT2D eigenvalue weighted by Crippen LogP contribution is -2.41. The molecule has 4 rings (SSSR count). The maximum atomic E-state index is 13.4. The first-order valence-electron chi connectivity index (χ1n) is 13.2. The Balaban J connectivity index is 1.72. The van der Waals surface area contributed by atoms with Gasteiger partial charge >= 0.3 is 12.1 Å². The molecule has 0 amide bonds. The predicted molar refractivity (Wildman–Crippen MR) is 143 cm³/mol. The Kier molecular flexibility index (Phi) is 9.71. The van der Waals surface area contributed by atoms with Crippen molar-refractivity contribution in [2.24, 2.45) is 18.0 Å². The van der Waals surface area contributed by atoms with Crippen LogP contribution in [-0.2, 0) is 40.6 Å². The molecule has 13 heteroatoms. The fraction of sp³-hybridized carbons (Fsp3) is 0.464. The van der Waals surface area contributed by atoms with Crippen molar-refractivity contribution >= 4 is 11.7 Å². The number of hydrogen-bond donors (Lipinski definition) is 1. The number of methoxy groups -OCH3 is 1. The molecule has 1 aromatic heterocycles. The lowest BCUT2D eigenvalue weighted by atomic mass is 9.93. The molecule has 2 aliphatic rings. The molecule has 1 unspecified atom stereocenters. The molecule has 0 saturated carbocycles. The highest BCUT2D eigenvalue weighted by atomic mass is 19.4. The molecule has 0 radical (unpaired) electrons. The molecule has 1 atom stereocenters. The summed E-state index contributed by atoms with van der Waals surface area (Å²) >= 11 is 0. The van der Waals surface area contributed by atoms with Crippen molar-refractivity contribution in [1.82, 2.24) is 9.13 Å². The third-order valence-corrected chi connectivity index (χ3v) is 6.74. The predicted octanol–water partition coefficient (Wildman–Crippen LogP) is 3.51. The Bertz CT molecular complexity index is 1460. The van der Waals surface area contributed by atoms with Crippen LogP contribution in [-0.4, -0.2) is 53.4 Å². The second-order valence-corrected chi connectivity index (χ2v) is 9.58. The van der Waals surface area contributed by atoms with E-state index in [1.54, 1.807) is 7.11 Å². The van der Waals surface area contributed by atoms with Gasteiger partial charge in [0.15, 0.2) is 5.90 Å². The average Bonchev–Trinajstić information content (AvgIpc) is 3.10. The molecule has 10 nitrogen and oxygen atoms in total. The van der Waals surface area contributed by atoms with Gasteiger partial charge in [-0.05, 0) is 49.5 Å². The van der Waals surface area contributed by atoms with Crippen molar-refractivity contribution < 1.29 is 37.2 Å². The van der Waals surface area contributed by atoms with Crippen LogP contribution in [0.4, 0.5) is 19.0 Å². The fourth-order valence-electron chi connectivity index (χ4n) is 4.78. The molecule has 2 aromatic rings. The SMILES string of the molecule is COc1cccc(CC2CCc3c(n(C)c(=O)n(CCOCCO)c3=O)N=C2OC2=CC(OC(F)(F)F)=CCC2)c1. The van der Waals surface area contributed by atoms with Crippen molar-refractivity contribution in [2.75, 3.05) is 26.9 Å². The number of aliphatic hydroxyl groups excluding tert-OH is 1. The molecular formula is C28H32F3N3O7. The summed E-state index contributed by atoms with van der Waals surface area (Å²) in [6.07, 6.45) is -0.610. The summed E-state index contributed by atoms with van der Waals surface area (Å²) in [7, 11) is 3.05. The summed E-state index contributed by atoms with van der Waals surface area (Å²) in [6, 6.07) is 7.42. The first kappa shape index (κ1) is 30.1. The summed E-state index contributed by atoms with van der Waals surface area (Å²) in [4.78, 5) is 31.2. The van der Waals surface area contributed by atoms with Gasteiger partial charge in [0.25, 0.3) is 5.56 Å². The van der Waals surface area contributed by atoms with Crippen LogP contribution in [0.3, 0.4) is 0 Å². The van der Waals surface area contributed by atoms with Crippen LogP contribution in [0.25, 0.3) is 0 Å². The molecule has 222 valence electrons. The second kappa shape index (κ2) is 13.2. The van der Waals surface area contributed by atoms with E-state index in [-0.39, 0.29) is 68.4 Å². The van der Waals surface area contributed by atoms with E-state index in [2.05, 4.69) is 9.73 Å². The van der Waals surface area contributed by atoms with Crippen LogP contribution in [0.2, 0.25) is 0 Å². The van der Waals surface area contributed by atoms with Gasteiger partial charge in [0.05, 0.1) is 39.0 Å². The molecule has 0 bridgehead atoms. The number of alkyl halides is 3. The maximum Gasteiger partial charge on any atom is 0.573 e. The van der Waals surface area contributed by atoms with Crippen LogP contribution in [0, 0.1) is 5.92 Å². The highest BCUT2D eigenvalue weighted by Crippen LogP contribution is 2.31. The number of ether oxygens (including phenoxy) is 4. The highest BCUT2D eigenvalue weighted by molar-refractivity contribution is 5.83. The van der Waals surface area contributed by atoms with Crippen LogP contribution in [0.1, 0.15) is 30.4 Å². The van der Waals surface area contributed by atoms with Crippen molar-refractivity contribution in [3.05, 3.63) is 79.9 Å². The van der Waals surface area contributed by atoms with Gasteiger partial charge in [0.1, 0.15) is 23.1 Å². The van der Waals surface area contributed by atoms with E-state index in [1.807, 2.05) is 24.3 Å². The number of allylic oxidation sites excluding steroid dienone is 3. The van der Waals surface area contributed by atoms with Gasteiger partial charge in [0.2, 0.25) is 0 Å². The number of aliphatic hydroxyl groups is 1. The van der Waals surface area contributed by atoms with Gasteiger partial charge in [-0.3, -0.25) is 13.9 Å². The number of halogens is 3. The average molecular weight is 580 g/mol. The molecule has 2 heterocycles. The zero-order valence-corrected chi connectivity index (χ0v) is 22.8. The number of fused-ring (bicyclic) bond motifs is 1. The van der Waals surface area contributed by atoms with E-state index in [1.165, 1.54) is 23.8 Å². The van der Waals surface area contributed by atoms with Gasteiger partial charge < -0.3 is 24.1 Å². The van der Waals surface area contributed by atoms with E-state index in [4.69, 9.17) is 19.3 Å². The third-order valence-electron chi connectivity index (χ3n) is 6.74. The van der Waals surface area contributed by atoms with Gasteiger partial charge in [-0.2, -0.15) is 4.99 Å². The van der Waals surface area contributed by atoms with Gasteiger partial charge in [-0.25, -0.2) is 4.79 Å². The Hall–Kier alpha value is -3.84. The Morgan fingerprint density at radius 2 is 1.98 bits per heavy atom. The molecule has 1 aliphatic carbocycles. The van der Waals surface area contributed by atoms with E-state index in [0.29, 0.717) is 30.6 Å². The molecule has 0 spiro atoms. The topological polar surface area (TPSA) is 114 Å². The molecule has 41 heavy (non-hydrogen) atoms. The first-order valence-corrected chi connectivity index (χ1v) is 13.2. The number of benzene rings is 1. The number of hydrogen-bond acceptors (Lipinski definition) is 8. The number of nitrogens with zero attached hydrogens (tertiary/aromatic N) is 3. The minimum absolute atomic E-state index is 0.000297. The molecule has 1 aliphatic heterocycles. The van der Waals surface area contributed by atoms with Crippen LogP contribution < -0.4 is 16.0 Å². The second-order valence-electron chi connectivity index (χ2n) is 9.58. The largest absolute Gasteiger partial charge is 0.573 e. The van der Waals surface area contributed by atoms with Crippen molar-refractivity contribution in [3.8, 4) is 5.75 Å². The number of aromatic nitrogens is 2. The van der Waals surface area contributed by atoms with Crippen LogP contribution in [0.5, 0.6) is 5.75 Å². The quantitative estimate of drug-likeness (QED) is 0.429. The van der Waals surface area contributed by atoms with Gasteiger partial charge in [0, 0.05) is 25.5 Å². The summed E-state index contributed by atoms with van der Waals surface area (Å²) in [5.41, 5.74) is 0.127. The van der Waals surface area contributed by atoms with E-state index in [0.717, 1.165) is 10.1 Å². The summed E-state index contributed by atoms with van der Waals surface area (Å²) in [5, 5.41) is 8.92. The molecule has 0 fully saturated rings. The Labute approximate surface area is 233 Å². The molecule has 1 aromatic carbocycles. The van der Waals surface area contributed by atoms with E-state index < -0.39 is 17.6 Å². The third kappa shape index (κ3) is 7.67. The van der Waals surface area contributed by atoms with Crippen molar-refractivity contribution in [3.63, 3.8) is 0 Å². The molecular weight excluding hydrogens is 547 g/mol. The first-order chi connectivity index (χ1) is 19.6. The lowest BCUT2D eigenvalue weighted by molar-refractivity contribution is -0.303. The summed E-state index contributed by atoms with van der Waals surface area (Å²) in [6.45, 7) is -0.0358. The zero-order chi connectivity index (χ0) is 29.6. The fourth-order valence-corrected chi connectivity index (χ4v) is 4.78. The molecule has 1 N–H and O–H groups in total. The summed E-state index contributed by atoms with van der Waals surface area (Å²) < 4.78 is 61.6. The minimum atomic E-state index is -4.85. The maximum absolute atomic E-state index is 13.4. The Morgan fingerprint density at radius 1 is 1.17 bits per heavy atom. The minimum Gasteiger partial charge on any atom is -0.497 e. The van der Waals surface area contributed by atoms with Gasteiger partial charge in [-0.15, -0.1) is 13.2 Å². The van der Waals surface area contributed by atoms with E-state index in [9.17, 15) is 22.8 Å². The standard InChI is InChI=1S/C28H32F3N3O7/c1-33-24-23(26(36)34(27(33)37)11-13-39-14-12-35)10-9-19(15-18-5-3-6-20(16-18)38-2)25(32-24)40-21-7-4-8-22(17-21)41-28(29,30)31/h3,5-6,8,16-17,19,35H,4,7,9-15H2,1-2H3. The highest BCUT2D eigenvalue weighted by Gasteiger charge is 2.33. The van der Waals surface area contributed by atoms with Crippen molar-refractivity contribution in [2.45, 2.75) is 45.0 Å². The van der Waals surface area contributed by atoms with Crippen LogP contribution >= 0.6 is 0 Å². The van der Waals surface area contributed by atoms with E-state index >= 15 is 0 Å². The smallest absolute Gasteiger partial charge is 0.497 e. The zero-order valence-electron chi connectivity index (χ0n) is 22.8. The van der Waals surface area contributed by atoms with Crippen molar-refractivity contribution in [1.29, 1.82) is 0 Å². The summed E-state index contributed by atoms with van der Waals surface area (Å²) in [5.74, 6) is 0.449. The van der Waals surface area contributed by atoms with Gasteiger partial charge in [-0.1, -0.05) is 12.1 Å². The number of aliphatic imine (C=N–C) groups is 1. The lowest BCUT2D eigenvalue weighted by Gasteiger charge is -2.21. The molecule has 0 saturated heterocycles. The normalized spacial score (nSPS) is 17.1. The Morgan fingerprint density at radius 3 is 2.71 bits per heavy atom. The monoisotopic (exact) mass is 579 g/mol. The number of rotatable bonds is 10.